The van der Waals surface area contributed by atoms with Gasteiger partial charge in [-0.25, -0.2) is 4.39 Å². The summed E-state index contributed by atoms with van der Waals surface area (Å²) in [5.41, 5.74) is 1.11. The summed E-state index contributed by atoms with van der Waals surface area (Å²) in [5, 5.41) is 5.92. The first-order valence-corrected chi connectivity index (χ1v) is 6.80. The summed E-state index contributed by atoms with van der Waals surface area (Å²) in [6, 6.07) is 4.75. The van der Waals surface area contributed by atoms with Gasteiger partial charge in [0.25, 0.3) is 0 Å². The zero-order chi connectivity index (χ0) is 14.8. The summed E-state index contributed by atoms with van der Waals surface area (Å²) in [7, 11) is 0. The van der Waals surface area contributed by atoms with E-state index in [0.717, 1.165) is 18.7 Å². The van der Waals surface area contributed by atoms with Crippen LogP contribution in [0.5, 0.6) is 0 Å². The minimum Gasteiger partial charge on any atom is -0.363 e. The molecule has 4 nitrogen and oxygen atoms in total. The third kappa shape index (κ3) is 3.55. The summed E-state index contributed by atoms with van der Waals surface area (Å²) < 4.78 is 19.0. The van der Waals surface area contributed by atoms with Crippen LogP contribution in [0.25, 0.3) is 0 Å². The van der Waals surface area contributed by atoms with Crippen molar-refractivity contribution in [3.05, 3.63) is 35.1 Å². The molecule has 1 aromatic rings. The fraction of sp³-hybridized carbons (Fsp3) is 0.533. The smallest absolute Gasteiger partial charge is 0.246 e. The number of hydrogen-bond acceptors (Lipinski definition) is 3. The van der Waals surface area contributed by atoms with Crippen molar-refractivity contribution in [2.75, 3.05) is 19.7 Å². The number of benzene rings is 1. The van der Waals surface area contributed by atoms with E-state index in [1.165, 1.54) is 6.07 Å². The van der Waals surface area contributed by atoms with Crippen molar-refractivity contribution in [1.82, 2.24) is 10.6 Å². The summed E-state index contributed by atoms with van der Waals surface area (Å²) in [6.45, 7) is 7.06. The molecule has 0 spiro atoms. The Morgan fingerprint density at radius 1 is 1.55 bits per heavy atom. The maximum absolute atomic E-state index is 13.5. The Morgan fingerprint density at radius 3 is 2.80 bits per heavy atom. The van der Waals surface area contributed by atoms with Gasteiger partial charge in [-0.1, -0.05) is 12.1 Å². The van der Waals surface area contributed by atoms with Gasteiger partial charge in [0.15, 0.2) is 0 Å². The van der Waals surface area contributed by atoms with Crippen LogP contribution in [0.4, 0.5) is 4.39 Å². The first-order chi connectivity index (χ1) is 9.39. The number of rotatable bonds is 5. The lowest BCUT2D eigenvalue weighted by Crippen LogP contribution is -2.59. The summed E-state index contributed by atoms with van der Waals surface area (Å²) in [4.78, 5) is 11.8. The quantitative estimate of drug-likeness (QED) is 0.863. The molecular weight excluding hydrogens is 259 g/mol. The van der Waals surface area contributed by atoms with Crippen molar-refractivity contribution in [3.8, 4) is 0 Å². The number of nitrogens with one attached hydrogen (secondary N) is 2. The van der Waals surface area contributed by atoms with Gasteiger partial charge < -0.3 is 15.4 Å². The van der Waals surface area contributed by atoms with Crippen LogP contribution in [0.3, 0.4) is 0 Å². The average molecular weight is 280 g/mol. The molecule has 0 bridgehead atoms. The lowest BCUT2D eigenvalue weighted by molar-refractivity contribution is -0.136. The number of aryl methyl sites for hydroxylation is 1. The Kier molecular flexibility index (Phi) is 4.40. The monoisotopic (exact) mass is 280 g/mol. The molecule has 0 radical (unpaired) electrons. The van der Waals surface area contributed by atoms with Gasteiger partial charge in [0.2, 0.25) is 5.91 Å². The van der Waals surface area contributed by atoms with Crippen molar-refractivity contribution in [2.24, 2.45) is 0 Å². The molecule has 1 heterocycles. The molecule has 1 aliphatic rings. The topological polar surface area (TPSA) is 50.4 Å². The van der Waals surface area contributed by atoms with Crippen molar-refractivity contribution in [1.29, 1.82) is 0 Å². The van der Waals surface area contributed by atoms with Gasteiger partial charge in [0.05, 0.1) is 11.6 Å². The molecule has 0 saturated carbocycles. The van der Waals surface area contributed by atoms with Crippen molar-refractivity contribution in [3.63, 3.8) is 0 Å². The highest BCUT2D eigenvalue weighted by molar-refractivity contribution is 5.77. The SMILES string of the molecule is Cc1ccc(C(C)NC(=O)COC2(C)CNC2)cc1F. The number of halogens is 1. The first-order valence-electron chi connectivity index (χ1n) is 6.80. The summed E-state index contributed by atoms with van der Waals surface area (Å²) in [6.07, 6.45) is 0. The molecule has 2 N–H and O–H groups in total. The minimum atomic E-state index is -0.257. The van der Waals surface area contributed by atoms with Gasteiger partial charge >= 0.3 is 0 Å². The molecule has 1 aliphatic heterocycles. The van der Waals surface area contributed by atoms with Crippen LogP contribution in [0.15, 0.2) is 18.2 Å². The standard InChI is InChI=1S/C15H21FN2O2/c1-10-4-5-12(6-13(10)16)11(2)18-14(19)7-20-15(3)8-17-9-15/h4-6,11,17H,7-9H2,1-3H3,(H,18,19). The van der Waals surface area contributed by atoms with Crippen LogP contribution < -0.4 is 10.6 Å². The molecule has 5 heteroatoms. The van der Waals surface area contributed by atoms with E-state index in [-0.39, 0.29) is 30.0 Å². The maximum atomic E-state index is 13.5. The van der Waals surface area contributed by atoms with Crippen LogP contribution >= 0.6 is 0 Å². The average Bonchev–Trinajstić information content (AvgIpc) is 2.37. The second-order valence-electron chi connectivity index (χ2n) is 5.64. The zero-order valence-electron chi connectivity index (χ0n) is 12.1. The fourth-order valence-electron chi connectivity index (χ4n) is 2.06. The summed E-state index contributed by atoms with van der Waals surface area (Å²) in [5.74, 6) is -0.445. The molecular formula is C15H21FN2O2. The second kappa shape index (κ2) is 5.89. The molecule has 1 amide bonds. The molecule has 1 atom stereocenters. The highest BCUT2D eigenvalue weighted by Gasteiger charge is 2.33. The highest BCUT2D eigenvalue weighted by atomic mass is 19.1. The minimum absolute atomic E-state index is 0.0247. The van der Waals surface area contributed by atoms with Crippen molar-refractivity contribution in [2.45, 2.75) is 32.4 Å². The summed E-state index contributed by atoms with van der Waals surface area (Å²) >= 11 is 0. The van der Waals surface area contributed by atoms with Gasteiger partial charge in [-0.2, -0.15) is 0 Å². The van der Waals surface area contributed by atoms with Crippen molar-refractivity contribution >= 4 is 5.91 Å². The first kappa shape index (κ1) is 14.9. The maximum Gasteiger partial charge on any atom is 0.246 e. The molecule has 110 valence electrons. The van der Waals surface area contributed by atoms with E-state index in [0.29, 0.717) is 5.56 Å². The number of hydrogen-bond donors (Lipinski definition) is 2. The predicted molar refractivity (Wildman–Crippen MR) is 74.9 cm³/mol. The molecule has 0 aliphatic carbocycles. The lowest BCUT2D eigenvalue weighted by Gasteiger charge is -2.38. The number of ether oxygens (including phenoxy) is 1. The fourth-order valence-corrected chi connectivity index (χ4v) is 2.06. The van der Waals surface area contributed by atoms with Gasteiger partial charge in [-0.15, -0.1) is 0 Å². The van der Waals surface area contributed by atoms with Crippen LogP contribution in [-0.2, 0) is 9.53 Å². The van der Waals surface area contributed by atoms with Crippen molar-refractivity contribution < 1.29 is 13.9 Å². The van der Waals surface area contributed by atoms with Gasteiger partial charge in [-0.05, 0) is 38.0 Å². The largest absolute Gasteiger partial charge is 0.363 e. The number of amides is 1. The Bertz CT molecular complexity index is 501. The van der Waals surface area contributed by atoms with E-state index in [1.54, 1.807) is 13.0 Å². The number of carbonyl (C=O) groups excluding carboxylic acids is 1. The molecule has 1 aromatic carbocycles. The third-order valence-corrected chi connectivity index (χ3v) is 3.62. The highest BCUT2D eigenvalue weighted by Crippen LogP contribution is 2.17. The molecule has 1 fully saturated rings. The van der Waals surface area contributed by atoms with E-state index < -0.39 is 0 Å². The van der Waals surface area contributed by atoms with E-state index in [1.807, 2.05) is 19.9 Å². The Morgan fingerprint density at radius 2 is 2.25 bits per heavy atom. The van der Waals surface area contributed by atoms with E-state index in [2.05, 4.69) is 10.6 Å². The van der Waals surface area contributed by atoms with Crippen LogP contribution in [-0.4, -0.2) is 31.2 Å². The lowest BCUT2D eigenvalue weighted by atomic mass is 10.0. The van der Waals surface area contributed by atoms with Gasteiger partial charge in [-0.3, -0.25) is 4.79 Å². The second-order valence-corrected chi connectivity index (χ2v) is 5.64. The number of carbonyl (C=O) groups is 1. The van der Waals surface area contributed by atoms with E-state index >= 15 is 0 Å². The Balaban J connectivity index is 1.85. The van der Waals surface area contributed by atoms with Crippen LogP contribution in [0, 0.1) is 12.7 Å². The van der Waals surface area contributed by atoms with Gasteiger partial charge in [0.1, 0.15) is 12.4 Å². The predicted octanol–water partition coefficient (Wildman–Crippen LogP) is 1.69. The van der Waals surface area contributed by atoms with E-state index in [9.17, 15) is 9.18 Å². The Hall–Kier alpha value is -1.46. The molecule has 2 rings (SSSR count). The Labute approximate surface area is 118 Å². The molecule has 0 aromatic heterocycles. The van der Waals surface area contributed by atoms with Gasteiger partial charge in [0, 0.05) is 13.1 Å². The molecule has 1 unspecified atom stereocenters. The van der Waals surface area contributed by atoms with Crippen LogP contribution in [0.2, 0.25) is 0 Å². The van der Waals surface area contributed by atoms with E-state index in [4.69, 9.17) is 4.74 Å². The third-order valence-electron chi connectivity index (χ3n) is 3.62. The normalized spacial score (nSPS) is 18.2. The molecule has 1 saturated heterocycles. The molecule has 20 heavy (non-hydrogen) atoms. The van der Waals surface area contributed by atoms with Crippen LogP contribution in [0.1, 0.15) is 31.0 Å². The zero-order valence-corrected chi connectivity index (χ0v) is 12.1.